The molecule has 7 heteroatoms. The third-order valence-corrected chi connectivity index (χ3v) is 3.47. The lowest BCUT2D eigenvalue weighted by molar-refractivity contribution is -0.384. The van der Waals surface area contributed by atoms with E-state index < -0.39 is 10.8 Å². The predicted molar refractivity (Wildman–Crippen MR) is 92.2 cm³/mol. The minimum absolute atomic E-state index is 0.0344. The monoisotopic (exact) mass is 344 g/mol. The van der Waals surface area contributed by atoms with E-state index in [1.54, 1.807) is 30.3 Å². The molecule has 0 aliphatic carbocycles. The number of nitro benzene ring substituents is 1. The summed E-state index contributed by atoms with van der Waals surface area (Å²) in [6.07, 6.45) is 2.70. The Morgan fingerprint density at radius 2 is 1.83 bits per heavy atom. The van der Waals surface area contributed by atoms with Gasteiger partial charge in [0.05, 0.1) is 4.92 Å². The summed E-state index contributed by atoms with van der Waals surface area (Å²) in [6, 6.07) is 10.7. The molecule has 1 N–H and O–H groups in total. The summed E-state index contributed by atoms with van der Waals surface area (Å²) in [7, 11) is 0. The van der Waals surface area contributed by atoms with Crippen LogP contribution in [0.25, 0.3) is 6.08 Å². The number of hydrogen-bond donors (Lipinski definition) is 1. The van der Waals surface area contributed by atoms with Gasteiger partial charge in [-0.15, -0.1) is 0 Å². The maximum Gasteiger partial charge on any atom is 0.288 e. The lowest BCUT2D eigenvalue weighted by Gasteiger charge is -2.03. The second-order valence-electron chi connectivity index (χ2n) is 4.92. The number of anilines is 1. The van der Waals surface area contributed by atoms with E-state index in [1.165, 1.54) is 31.2 Å². The van der Waals surface area contributed by atoms with Gasteiger partial charge in [0.1, 0.15) is 5.02 Å². The van der Waals surface area contributed by atoms with Crippen molar-refractivity contribution in [3.05, 3.63) is 74.8 Å². The lowest BCUT2D eigenvalue weighted by Crippen LogP contribution is -2.07. The molecule has 0 aliphatic heterocycles. The van der Waals surface area contributed by atoms with Gasteiger partial charge in [-0.1, -0.05) is 17.7 Å². The van der Waals surface area contributed by atoms with Gasteiger partial charge < -0.3 is 5.32 Å². The van der Waals surface area contributed by atoms with Gasteiger partial charge >= 0.3 is 0 Å². The molecular weight excluding hydrogens is 332 g/mol. The van der Waals surface area contributed by atoms with Gasteiger partial charge in [0.25, 0.3) is 5.69 Å². The van der Waals surface area contributed by atoms with E-state index in [-0.39, 0.29) is 16.5 Å². The SMILES string of the molecule is CC(=O)c1ccc(NC(=O)/C=C/c2ccc(Cl)c([N+](=O)[O-])c2)cc1. The van der Waals surface area contributed by atoms with Crippen molar-refractivity contribution >= 4 is 40.7 Å². The van der Waals surface area contributed by atoms with Crippen molar-refractivity contribution < 1.29 is 14.5 Å². The fraction of sp³-hybridized carbons (Fsp3) is 0.0588. The van der Waals surface area contributed by atoms with Gasteiger partial charge in [0, 0.05) is 23.4 Å². The lowest BCUT2D eigenvalue weighted by atomic mass is 10.1. The Kier molecular flexibility index (Phi) is 5.44. The van der Waals surface area contributed by atoms with Crippen LogP contribution in [0.2, 0.25) is 5.02 Å². The molecule has 0 spiro atoms. The molecule has 122 valence electrons. The minimum atomic E-state index is -0.587. The van der Waals surface area contributed by atoms with E-state index in [1.807, 2.05) is 0 Å². The minimum Gasteiger partial charge on any atom is -0.323 e. The highest BCUT2D eigenvalue weighted by molar-refractivity contribution is 6.32. The van der Waals surface area contributed by atoms with Gasteiger partial charge in [-0.2, -0.15) is 0 Å². The number of carbonyl (C=O) groups excluding carboxylic acids is 2. The molecule has 6 nitrogen and oxygen atoms in total. The van der Waals surface area contributed by atoms with Crippen LogP contribution in [0.15, 0.2) is 48.5 Å². The topological polar surface area (TPSA) is 89.3 Å². The van der Waals surface area contributed by atoms with Crippen LogP contribution in [-0.4, -0.2) is 16.6 Å². The van der Waals surface area contributed by atoms with Crippen molar-refractivity contribution in [3.8, 4) is 0 Å². The molecule has 0 heterocycles. The molecule has 0 unspecified atom stereocenters. The third kappa shape index (κ3) is 4.50. The molecule has 0 saturated carbocycles. The first kappa shape index (κ1) is 17.4. The van der Waals surface area contributed by atoms with Crippen LogP contribution in [0.4, 0.5) is 11.4 Å². The van der Waals surface area contributed by atoms with Crippen LogP contribution in [-0.2, 0) is 4.79 Å². The van der Waals surface area contributed by atoms with Crippen molar-refractivity contribution in [1.82, 2.24) is 0 Å². The van der Waals surface area contributed by atoms with Gasteiger partial charge in [-0.25, -0.2) is 0 Å². The van der Waals surface area contributed by atoms with E-state index in [4.69, 9.17) is 11.6 Å². The first-order valence-corrected chi connectivity index (χ1v) is 7.28. The maximum absolute atomic E-state index is 11.9. The number of halogens is 1. The standard InChI is InChI=1S/C17H13ClN2O4/c1-11(21)13-4-6-14(7-5-13)19-17(22)9-3-12-2-8-15(18)16(10-12)20(23)24/h2-10H,1H3,(H,19,22)/b9-3+. The van der Waals surface area contributed by atoms with Crippen LogP contribution >= 0.6 is 11.6 Å². The van der Waals surface area contributed by atoms with Crippen molar-refractivity contribution in [2.45, 2.75) is 6.92 Å². The summed E-state index contributed by atoms with van der Waals surface area (Å²) in [5.74, 6) is -0.458. The summed E-state index contributed by atoms with van der Waals surface area (Å²) in [6.45, 7) is 1.46. The van der Waals surface area contributed by atoms with Gasteiger partial charge in [0.2, 0.25) is 5.91 Å². The van der Waals surface area contributed by atoms with E-state index >= 15 is 0 Å². The highest BCUT2D eigenvalue weighted by atomic mass is 35.5. The number of rotatable bonds is 5. The van der Waals surface area contributed by atoms with Crippen molar-refractivity contribution in [1.29, 1.82) is 0 Å². The zero-order chi connectivity index (χ0) is 17.7. The Balaban J connectivity index is 2.06. The third-order valence-electron chi connectivity index (χ3n) is 3.15. The molecule has 2 aromatic carbocycles. The first-order chi connectivity index (χ1) is 11.4. The molecule has 0 radical (unpaired) electrons. The number of benzene rings is 2. The Morgan fingerprint density at radius 1 is 1.17 bits per heavy atom. The largest absolute Gasteiger partial charge is 0.323 e. The van der Waals surface area contributed by atoms with Crippen LogP contribution in [0.5, 0.6) is 0 Å². The fourth-order valence-corrected chi connectivity index (χ4v) is 2.10. The molecule has 0 saturated heterocycles. The Hall–Kier alpha value is -2.99. The molecule has 1 amide bonds. The number of hydrogen-bond acceptors (Lipinski definition) is 4. The highest BCUT2D eigenvalue weighted by Crippen LogP contribution is 2.25. The molecule has 2 rings (SSSR count). The number of nitro groups is 1. The highest BCUT2D eigenvalue weighted by Gasteiger charge is 2.11. The van der Waals surface area contributed by atoms with E-state index in [2.05, 4.69) is 5.32 Å². The van der Waals surface area contributed by atoms with Crippen LogP contribution in [0.1, 0.15) is 22.8 Å². The second kappa shape index (κ2) is 7.52. The Labute approximate surface area is 142 Å². The summed E-state index contributed by atoms with van der Waals surface area (Å²) in [5, 5.41) is 13.5. The predicted octanol–water partition coefficient (Wildman–Crippen LogP) is 4.10. The quantitative estimate of drug-likeness (QED) is 0.382. The fourth-order valence-electron chi connectivity index (χ4n) is 1.92. The summed E-state index contributed by atoms with van der Waals surface area (Å²) >= 11 is 5.73. The molecule has 24 heavy (non-hydrogen) atoms. The second-order valence-corrected chi connectivity index (χ2v) is 5.33. The van der Waals surface area contributed by atoms with Gasteiger partial charge in [0.15, 0.2) is 5.78 Å². The van der Waals surface area contributed by atoms with Crippen molar-refractivity contribution in [3.63, 3.8) is 0 Å². The number of amides is 1. The van der Waals surface area contributed by atoms with Gasteiger partial charge in [-0.3, -0.25) is 19.7 Å². The average molecular weight is 345 g/mol. The van der Waals surface area contributed by atoms with Crippen LogP contribution in [0, 0.1) is 10.1 Å². The molecule has 0 aromatic heterocycles. The Bertz CT molecular complexity index is 829. The van der Waals surface area contributed by atoms with Crippen molar-refractivity contribution in [2.75, 3.05) is 5.32 Å². The van der Waals surface area contributed by atoms with Crippen LogP contribution in [0.3, 0.4) is 0 Å². The summed E-state index contributed by atoms with van der Waals surface area (Å²) in [5.41, 5.74) is 1.35. The summed E-state index contributed by atoms with van der Waals surface area (Å²) in [4.78, 5) is 33.3. The average Bonchev–Trinajstić information content (AvgIpc) is 2.54. The number of carbonyl (C=O) groups is 2. The molecule has 0 bridgehead atoms. The Morgan fingerprint density at radius 3 is 2.42 bits per heavy atom. The molecule has 0 aliphatic rings. The molecule has 2 aromatic rings. The molecular formula is C17H13ClN2O4. The number of nitrogens with zero attached hydrogens (tertiary/aromatic N) is 1. The molecule has 0 atom stereocenters. The van der Waals surface area contributed by atoms with E-state index in [9.17, 15) is 19.7 Å². The van der Waals surface area contributed by atoms with Crippen LogP contribution < -0.4 is 5.32 Å². The number of nitrogens with one attached hydrogen (secondary N) is 1. The zero-order valence-electron chi connectivity index (χ0n) is 12.7. The zero-order valence-corrected chi connectivity index (χ0v) is 13.4. The van der Waals surface area contributed by atoms with E-state index in [0.29, 0.717) is 16.8 Å². The smallest absolute Gasteiger partial charge is 0.288 e. The molecule has 0 fully saturated rings. The number of Topliss-reactive ketones (excluding diaryl/α,β-unsaturated/α-hetero) is 1. The van der Waals surface area contributed by atoms with Gasteiger partial charge in [-0.05, 0) is 48.9 Å². The van der Waals surface area contributed by atoms with E-state index in [0.717, 1.165) is 0 Å². The number of ketones is 1. The first-order valence-electron chi connectivity index (χ1n) is 6.91. The van der Waals surface area contributed by atoms with Crippen molar-refractivity contribution in [2.24, 2.45) is 0 Å². The maximum atomic E-state index is 11.9. The normalized spacial score (nSPS) is 10.6. The summed E-state index contributed by atoms with van der Waals surface area (Å²) < 4.78 is 0.